The maximum absolute atomic E-state index is 10.4. The Labute approximate surface area is 141 Å². The van der Waals surface area contributed by atoms with E-state index in [0.717, 1.165) is 15.3 Å². The second-order valence-electron chi connectivity index (χ2n) is 4.41. The quantitative estimate of drug-likeness (QED) is 0.408. The van der Waals surface area contributed by atoms with E-state index in [9.17, 15) is 10.1 Å². The molecule has 0 saturated carbocycles. The molecule has 0 N–H and O–H groups in total. The first-order valence-corrected chi connectivity index (χ1v) is 7.54. The van der Waals surface area contributed by atoms with Crippen LogP contribution in [0.4, 0.5) is 0 Å². The zero-order valence-corrected chi connectivity index (χ0v) is 14.0. The maximum atomic E-state index is 10.4. The minimum absolute atomic E-state index is 0.428. The van der Waals surface area contributed by atoms with Crippen LogP contribution >= 0.6 is 22.6 Å². The van der Waals surface area contributed by atoms with Crippen LogP contribution < -0.4 is 9.47 Å². The first-order chi connectivity index (χ1) is 10.6. The van der Waals surface area contributed by atoms with Gasteiger partial charge in [-0.2, -0.15) is 0 Å². The standard InChI is InChI=1S/C16H14INO4/c1-21-15-10-13(7-8-18(19)20)9-14(17)16(15)22-11-12-5-3-2-4-6-12/h2-10H,11H2,1H3. The summed E-state index contributed by atoms with van der Waals surface area (Å²) < 4.78 is 12.0. The Bertz CT molecular complexity index is 686. The highest BCUT2D eigenvalue weighted by molar-refractivity contribution is 14.1. The third-order valence-electron chi connectivity index (χ3n) is 2.87. The second kappa shape index (κ2) is 7.79. The Morgan fingerprint density at radius 2 is 2.00 bits per heavy atom. The van der Waals surface area contributed by atoms with Crippen LogP contribution in [0, 0.1) is 13.7 Å². The highest BCUT2D eigenvalue weighted by atomic mass is 127. The highest BCUT2D eigenvalue weighted by Gasteiger charge is 2.11. The molecule has 0 atom stereocenters. The minimum atomic E-state index is -0.501. The van der Waals surface area contributed by atoms with Crippen molar-refractivity contribution in [1.29, 1.82) is 0 Å². The summed E-state index contributed by atoms with van der Waals surface area (Å²) in [5.41, 5.74) is 1.74. The summed E-state index contributed by atoms with van der Waals surface area (Å²) in [7, 11) is 1.54. The molecule has 2 rings (SSSR count). The molecule has 0 spiro atoms. The first kappa shape index (κ1) is 16.3. The molecule has 0 aromatic heterocycles. The molecule has 0 aliphatic carbocycles. The molecular weight excluding hydrogens is 397 g/mol. The Kier molecular flexibility index (Phi) is 5.76. The zero-order chi connectivity index (χ0) is 15.9. The van der Waals surface area contributed by atoms with Crippen molar-refractivity contribution < 1.29 is 14.4 Å². The van der Waals surface area contributed by atoms with Gasteiger partial charge in [0.2, 0.25) is 6.20 Å². The van der Waals surface area contributed by atoms with E-state index in [1.165, 1.54) is 6.08 Å². The Balaban J connectivity index is 2.22. The molecule has 0 unspecified atom stereocenters. The molecule has 2 aromatic carbocycles. The molecule has 0 bridgehead atoms. The van der Waals surface area contributed by atoms with Crippen LogP contribution in [0.25, 0.3) is 6.08 Å². The number of hydrogen-bond acceptors (Lipinski definition) is 4. The van der Waals surface area contributed by atoms with Crippen LogP contribution in [0.2, 0.25) is 0 Å². The molecule has 0 saturated heterocycles. The minimum Gasteiger partial charge on any atom is -0.493 e. The van der Waals surface area contributed by atoms with Gasteiger partial charge in [0.05, 0.1) is 15.6 Å². The normalized spacial score (nSPS) is 10.6. The number of nitrogens with zero attached hydrogens (tertiary/aromatic N) is 1. The van der Waals surface area contributed by atoms with Gasteiger partial charge in [-0.15, -0.1) is 0 Å². The van der Waals surface area contributed by atoms with Gasteiger partial charge in [0, 0.05) is 6.08 Å². The van der Waals surface area contributed by atoms with Crippen LogP contribution in [0.5, 0.6) is 11.5 Å². The average molecular weight is 411 g/mol. The van der Waals surface area contributed by atoms with Gasteiger partial charge in [-0.05, 0) is 45.9 Å². The molecule has 6 heteroatoms. The van der Waals surface area contributed by atoms with Gasteiger partial charge in [0.25, 0.3) is 0 Å². The smallest absolute Gasteiger partial charge is 0.235 e. The molecule has 5 nitrogen and oxygen atoms in total. The summed E-state index contributed by atoms with van der Waals surface area (Å²) in [6, 6.07) is 13.3. The SMILES string of the molecule is COc1cc(C=C[N+](=O)[O-])cc(I)c1OCc1ccccc1. The van der Waals surface area contributed by atoms with E-state index >= 15 is 0 Å². The number of nitro groups is 1. The molecule has 22 heavy (non-hydrogen) atoms. The van der Waals surface area contributed by atoms with E-state index in [1.54, 1.807) is 13.2 Å². The summed E-state index contributed by atoms with van der Waals surface area (Å²) in [5, 5.41) is 10.4. The van der Waals surface area contributed by atoms with E-state index in [1.807, 2.05) is 36.4 Å². The Morgan fingerprint density at radius 1 is 1.27 bits per heavy atom. The van der Waals surface area contributed by atoms with Crippen LogP contribution in [0.3, 0.4) is 0 Å². The molecule has 0 heterocycles. The molecule has 2 aromatic rings. The van der Waals surface area contributed by atoms with Gasteiger partial charge in [-0.1, -0.05) is 30.3 Å². The number of halogens is 1. The lowest BCUT2D eigenvalue weighted by Gasteiger charge is -2.13. The van der Waals surface area contributed by atoms with Crippen molar-refractivity contribution in [3.63, 3.8) is 0 Å². The topological polar surface area (TPSA) is 61.6 Å². The van der Waals surface area contributed by atoms with Gasteiger partial charge >= 0.3 is 0 Å². The largest absolute Gasteiger partial charge is 0.493 e. The predicted octanol–water partition coefficient (Wildman–Crippen LogP) is 4.13. The van der Waals surface area contributed by atoms with E-state index in [-0.39, 0.29) is 0 Å². The zero-order valence-electron chi connectivity index (χ0n) is 11.9. The summed E-state index contributed by atoms with van der Waals surface area (Å²) in [5.74, 6) is 1.18. The average Bonchev–Trinajstić information content (AvgIpc) is 2.52. The number of rotatable bonds is 6. The van der Waals surface area contributed by atoms with Crippen molar-refractivity contribution in [1.82, 2.24) is 0 Å². The molecule has 0 radical (unpaired) electrons. The van der Waals surface area contributed by atoms with E-state index in [2.05, 4.69) is 22.6 Å². The van der Waals surface area contributed by atoms with Crippen LogP contribution in [-0.2, 0) is 6.61 Å². The fourth-order valence-electron chi connectivity index (χ4n) is 1.85. The number of methoxy groups -OCH3 is 1. The van der Waals surface area contributed by atoms with E-state index < -0.39 is 4.92 Å². The molecule has 0 aliphatic heterocycles. The summed E-state index contributed by atoms with van der Waals surface area (Å²) in [6.07, 6.45) is 2.32. The predicted molar refractivity (Wildman–Crippen MR) is 92.5 cm³/mol. The van der Waals surface area contributed by atoms with Gasteiger partial charge in [0.1, 0.15) is 6.61 Å². The maximum Gasteiger partial charge on any atom is 0.235 e. The monoisotopic (exact) mass is 411 g/mol. The number of ether oxygens (including phenoxy) is 2. The Morgan fingerprint density at radius 3 is 2.64 bits per heavy atom. The lowest BCUT2D eigenvalue weighted by molar-refractivity contribution is -0.400. The van der Waals surface area contributed by atoms with Gasteiger partial charge in [-0.3, -0.25) is 10.1 Å². The highest BCUT2D eigenvalue weighted by Crippen LogP contribution is 2.34. The van der Waals surface area contributed by atoms with Crippen molar-refractivity contribution >= 4 is 28.7 Å². The summed E-state index contributed by atoms with van der Waals surface area (Å²) in [4.78, 5) is 9.90. The van der Waals surface area contributed by atoms with Gasteiger partial charge in [0.15, 0.2) is 11.5 Å². The van der Waals surface area contributed by atoms with E-state index in [0.29, 0.717) is 23.7 Å². The number of hydrogen-bond donors (Lipinski definition) is 0. The van der Waals surface area contributed by atoms with Crippen LogP contribution in [0.15, 0.2) is 48.7 Å². The third-order valence-corrected chi connectivity index (χ3v) is 3.67. The summed E-state index contributed by atoms with van der Waals surface area (Å²) in [6.45, 7) is 0.428. The third kappa shape index (κ3) is 4.45. The van der Waals surface area contributed by atoms with Crippen LogP contribution in [0.1, 0.15) is 11.1 Å². The van der Waals surface area contributed by atoms with Crippen molar-refractivity contribution in [3.8, 4) is 11.5 Å². The molecule has 0 aliphatic rings. The molecular formula is C16H14INO4. The fraction of sp³-hybridized carbons (Fsp3) is 0.125. The summed E-state index contributed by atoms with van der Waals surface area (Å²) >= 11 is 2.13. The second-order valence-corrected chi connectivity index (χ2v) is 5.57. The first-order valence-electron chi connectivity index (χ1n) is 6.46. The lowest BCUT2D eigenvalue weighted by Crippen LogP contribution is -2.00. The van der Waals surface area contributed by atoms with Gasteiger partial charge < -0.3 is 9.47 Å². The molecule has 0 fully saturated rings. The fourth-order valence-corrected chi connectivity index (χ4v) is 2.63. The van der Waals surface area contributed by atoms with Crippen molar-refractivity contribution in [2.24, 2.45) is 0 Å². The Hall–Kier alpha value is -2.09. The molecule has 114 valence electrons. The van der Waals surface area contributed by atoms with Gasteiger partial charge in [-0.25, -0.2) is 0 Å². The number of benzene rings is 2. The lowest BCUT2D eigenvalue weighted by atomic mass is 10.2. The van der Waals surface area contributed by atoms with Crippen molar-refractivity contribution in [3.05, 3.63) is 73.5 Å². The van der Waals surface area contributed by atoms with Crippen molar-refractivity contribution in [2.45, 2.75) is 6.61 Å². The molecule has 0 amide bonds. The van der Waals surface area contributed by atoms with E-state index in [4.69, 9.17) is 9.47 Å². The van der Waals surface area contributed by atoms with Crippen molar-refractivity contribution in [2.75, 3.05) is 7.11 Å². The van der Waals surface area contributed by atoms with Crippen LogP contribution in [-0.4, -0.2) is 12.0 Å².